The maximum absolute atomic E-state index is 12.7. The van der Waals surface area contributed by atoms with E-state index in [0.717, 1.165) is 13.0 Å². The van der Waals surface area contributed by atoms with E-state index in [0.29, 0.717) is 11.8 Å². The van der Waals surface area contributed by atoms with Crippen molar-refractivity contribution in [2.75, 3.05) is 6.54 Å². The molecule has 2 fully saturated rings. The molecule has 5 atom stereocenters. The molecule has 1 N–H and O–H groups in total. The molecule has 1 saturated carbocycles. The van der Waals surface area contributed by atoms with E-state index >= 15 is 0 Å². The lowest BCUT2D eigenvalue weighted by Crippen LogP contribution is -2.64. The van der Waals surface area contributed by atoms with Crippen LogP contribution < -0.4 is 5.32 Å². The van der Waals surface area contributed by atoms with Crippen molar-refractivity contribution >= 4 is 11.8 Å². The minimum absolute atomic E-state index is 0.000509. The Balaban J connectivity index is 2.11. The Kier molecular flexibility index (Phi) is 4.71. The van der Waals surface area contributed by atoms with Gasteiger partial charge in [-0.05, 0) is 31.1 Å². The van der Waals surface area contributed by atoms with E-state index in [2.05, 4.69) is 19.2 Å². The highest BCUT2D eigenvalue weighted by molar-refractivity contribution is 5.96. The molecule has 0 spiro atoms. The van der Waals surface area contributed by atoms with Crippen molar-refractivity contribution in [3.8, 4) is 0 Å². The Bertz CT molecular complexity index is 383. The second-order valence-electron chi connectivity index (χ2n) is 6.71. The van der Waals surface area contributed by atoms with Crippen LogP contribution in [0.4, 0.5) is 0 Å². The summed E-state index contributed by atoms with van der Waals surface area (Å²) >= 11 is 0. The molecule has 0 aromatic carbocycles. The van der Waals surface area contributed by atoms with Crippen LogP contribution in [-0.4, -0.2) is 35.3 Å². The molecule has 0 aromatic rings. The van der Waals surface area contributed by atoms with Gasteiger partial charge < -0.3 is 10.2 Å². The standard InChI is InChI=1S/C16H28N2O2/c1-5-10(2)14-16(20)18(12(4)15(19)17-14)9-13-8-6-7-11(13)3/h10-14H,5-9H2,1-4H3,(H,17,19). The number of hydrogen-bond acceptors (Lipinski definition) is 2. The van der Waals surface area contributed by atoms with Crippen molar-refractivity contribution in [1.29, 1.82) is 0 Å². The predicted molar refractivity (Wildman–Crippen MR) is 79.1 cm³/mol. The van der Waals surface area contributed by atoms with Gasteiger partial charge in [-0.2, -0.15) is 0 Å². The second-order valence-corrected chi connectivity index (χ2v) is 6.71. The lowest BCUT2D eigenvalue weighted by atomic mass is 9.92. The Morgan fingerprint density at radius 2 is 2.00 bits per heavy atom. The fraction of sp³-hybridized carbons (Fsp3) is 0.875. The van der Waals surface area contributed by atoms with Crippen LogP contribution in [0.5, 0.6) is 0 Å². The molecule has 0 aromatic heterocycles. The molecular weight excluding hydrogens is 252 g/mol. The van der Waals surface area contributed by atoms with Crippen LogP contribution in [0.2, 0.25) is 0 Å². The van der Waals surface area contributed by atoms with Crippen LogP contribution in [0.1, 0.15) is 53.4 Å². The summed E-state index contributed by atoms with van der Waals surface area (Å²) in [5.74, 6) is 1.54. The lowest BCUT2D eigenvalue weighted by Gasteiger charge is -2.41. The summed E-state index contributed by atoms with van der Waals surface area (Å²) in [4.78, 5) is 26.7. The SMILES string of the molecule is CCC(C)C1NC(=O)C(C)N(CC2CCCC2C)C1=O. The number of carbonyl (C=O) groups is 2. The summed E-state index contributed by atoms with van der Waals surface area (Å²) in [6, 6.07) is -0.656. The molecule has 4 nitrogen and oxygen atoms in total. The van der Waals surface area contributed by atoms with E-state index in [1.54, 1.807) is 0 Å². The van der Waals surface area contributed by atoms with E-state index < -0.39 is 0 Å². The van der Waals surface area contributed by atoms with Crippen molar-refractivity contribution < 1.29 is 9.59 Å². The first-order valence-corrected chi connectivity index (χ1v) is 8.06. The van der Waals surface area contributed by atoms with Gasteiger partial charge >= 0.3 is 0 Å². The van der Waals surface area contributed by atoms with Crippen LogP contribution >= 0.6 is 0 Å². The molecule has 1 heterocycles. The van der Waals surface area contributed by atoms with Gasteiger partial charge in [0.15, 0.2) is 0 Å². The molecule has 0 radical (unpaired) electrons. The minimum Gasteiger partial charge on any atom is -0.342 e. The molecule has 2 amide bonds. The number of rotatable bonds is 4. The topological polar surface area (TPSA) is 49.4 Å². The Hall–Kier alpha value is -1.06. The largest absolute Gasteiger partial charge is 0.342 e. The number of carbonyl (C=O) groups excluding carboxylic acids is 2. The first-order chi connectivity index (χ1) is 9.45. The zero-order valence-corrected chi connectivity index (χ0v) is 13.2. The number of hydrogen-bond donors (Lipinski definition) is 1. The average Bonchev–Trinajstić information content (AvgIpc) is 2.83. The molecule has 2 aliphatic rings. The van der Waals surface area contributed by atoms with Crippen LogP contribution in [0, 0.1) is 17.8 Å². The van der Waals surface area contributed by atoms with Gasteiger partial charge in [0.05, 0.1) is 0 Å². The summed E-state index contributed by atoms with van der Waals surface area (Å²) < 4.78 is 0. The van der Waals surface area contributed by atoms with Crippen LogP contribution in [0.25, 0.3) is 0 Å². The van der Waals surface area contributed by atoms with E-state index in [9.17, 15) is 9.59 Å². The first kappa shape index (κ1) is 15.3. The zero-order chi connectivity index (χ0) is 14.9. The molecule has 5 unspecified atom stereocenters. The van der Waals surface area contributed by atoms with Crippen LogP contribution in [-0.2, 0) is 9.59 Å². The molecule has 20 heavy (non-hydrogen) atoms. The van der Waals surface area contributed by atoms with Crippen molar-refractivity contribution in [3.05, 3.63) is 0 Å². The van der Waals surface area contributed by atoms with Crippen LogP contribution in [0.15, 0.2) is 0 Å². The summed E-state index contributed by atoms with van der Waals surface area (Å²) in [6.07, 6.45) is 4.59. The van der Waals surface area contributed by atoms with Gasteiger partial charge in [0.2, 0.25) is 11.8 Å². The molecule has 0 bridgehead atoms. The summed E-state index contributed by atoms with van der Waals surface area (Å²) in [7, 11) is 0. The number of nitrogens with zero attached hydrogens (tertiary/aromatic N) is 1. The fourth-order valence-electron chi connectivity index (χ4n) is 3.46. The van der Waals surface area contributed by atoms with Gasteiger partial charge in [0, 0.05) is 6.54 Å². The molecule has 114 valence electrons. The number of amides is 2. The quantitative estimate of drug-likeness (QED) is 0.858. The number of nitrogens with one attached hydrogen (secondary N) is 1. The Labute approximate surface area is 122 Å². The summed E-state index contributed by atoms with van der Waals surface area (Å²) in [6.45, 7) is 8.96. The minimum atomic E-state index is -0.333. The third-order valence-electron chi connectivity index (χ3n) is 5.38. The Morgan fingerprint density at radius 3 is 2.55 bits per heavy atom. The van der Waals surface area contributed by atoms with Crippen molar-refractivity contribution in [3.63, 3.8) is 0 Å². The molecule has 1 aliphatic heterocycles. The second kappa shape index (κ2) is 6.15. The Morgan fingerprint density at radius 1 is 1.30 bits per heavy atom. The van der Waals surface area contributed by atoms with Gasteiger partial charge in [-0.25, -0.2) is 0 Å². The van der Waals surface area contributed by atoms with E-state index in [1.165, 1.54) is 19.3 Å². The first-order valence-electron chi connectivity index (χ1n) is 8.06. The predicted octanol–water partition coefficient (Wildman–Crippen LogP) is 2.18. The highest BCUT2D eigenvalue weighted by Crippen LogP contribution is 2.33. The van der Waals surface area contributed by atoms with Gasteiger partial charge in [-0.3, -0.25) is 9.59 Å². The maximum Gasteiger partial charge on any atom is 0.246 e. The van der Waals surface area contributed by atoms with Crippen LogP contribution in [0.3, 0.4) is 0 Å². The molecule has 1 aliphatic carbocycles. The van der Waals surface area contributed by atoms with Crippen molar-refractivity contribution in [2.24, 2.45) is 17.8 Å². The maximum atomic E-state index is 12.7. The smallest absolute Gasteiger partial charge is 0.246 e. The van der Waals surface area contributed by atoms with E-state index in [1.807, 2.05) is 18.7 Å². The lowest BCUT2D eigenvalue weighted by molar-refractivity contribution is -0.151. The molecule has 4 heteroatoms. The van der Waals surface area contributed by atoms with Gasteiger partial charge in [-0.1, -0.05) is 40.0 Å². The normalized spacial score (nSPS) is 36.1. The monoisotopic (exact) mass is 280 g/mol. The third-order valence-corrected chi connectivity index (χ3v) is 5.38. The molecule has 1 saturated heterocycles. The van der Waals surface area contributed by atoms with Crippen molar-refractivity contribution in [1.82, 2.24) is 10.2 Å². The zero-order valence-electron chi connectivity index (χ0n) is 13.2. The van der Waals surface area contributed by atoms with Crippen molar-refractivity contribution in [2.45, 2.75) is 65.5 Å². The highest BCUT2D eigenvalue weighted by atomic mass is 16.2. The van der Waals surface area contributed by atoms with E-state index in [-0.39, 0.29) is 29.8 Å². The number of piperazine rings is 1. The summed E-state index contributed by atoms with van der Waals surface area (Å²) in [5, 5.41) is 2.90. The fourth-order valence-corrected chi connectivity index (χ4v) is 3.46. The highest BCUT2D eigenvalue weighted by Gasteiger charge is 2.41. The van der Waals surface area contributed by atoms with Gasteiger partial charge in [0.25, 0.3) is 0 Å². The summed E-state index contributed by atoms with van der Waals surface area (Å²) in [5.41, 5.74) is 0. The van der Waals surface area contributed by atoms with E-state index in [4.69, 9.17) is 0 Å². The molecular formula is C16H28N2O2. The molecule has 2 rings (SSSR count). The third kappa shape index (κ3) is 2.84. The average molecular weight is 280 g/mol. The van der Waals surface area contributed by atoms with Gasteiger partial charge in [-0.15, -0.1) is 0 Å². The van der Waals surface area contributed by atoms with Gasteiger partial charge in [0.1, 0.15) is 12.1 Å².